The third-order valence-electron chi connectivity index (χ3n) is 11.1. The number of hydrogen-bond donors (Lipinski definition) is 0. The second-order valence-electron chi connectivity index (χ2n) is 14.0. The van der Waals surface area contributed by atoms with Gasteiger partial charge >= 0.3 is 0 Å². The highest BCUT2D eigenvalue weighted by Gasteiger charge is 2.21. The summed E-state index contributed by atoms with van der Waals surface area (Å²) in [5.74, 6) is 0. The molecule has 55 heavy (non-hydrogen) atoms. The summed E-state index contributed by atoms with van der Waals surface area (Å²) in [5.41, 5.74) is 12.7. The Morgan fingerprint density at radius 3 is 1.44 bits per heavy atom. The number of fused-ring (bicyclic) bond motifs is 9. The van der Waals surface area contributed by atoms with Crippen LogP contribution in [-0.2, 0) is 0 Å². The second kappa shape index (κ2) is 11.8. The number of benzene rings is 8. The van der Waals surface area contributed by atoms with Crippen LogP contribution in [0.5, 0.6) is 0 Å². The molecule has 0 bridgehead atoms. The first-order valence-corrected chi connectivity index (χ1v) is 18.3. The molecule has 0 radical (unpaired) electrons. The first kappa shape index (κ1) is 30.7. The highest BCUT2D eigenvalue weighted by Crippen LogP contribution is 2.40. The Balaban J connectivity index is 1.13. The summed E-state index contributed by atoms with van der Waals surface area (Å²) >= 11 is 0. The van der Waals surface area contributed by atoms with E-state index in [1.54, 1.807) is 0 Å². The predicted octanol–water partition coefficient (Wildman–Crippen LogP) is 12.4. The largest absolute Gasteiger partial charge is 0.309 e. The van der Waals surface area contributed by atoms with Gasteiger partial charge in [0.2, 0.25) is 0 Å². The van der Waals surface area contributed by atoms with Crippen molar-refractivity contribution in [1.29, 1.82) is 10.5 Å². The van der Waals surface area contributed by atoms with Crippen LogP contribution in [-0.4, -0.2) is 13.7 Å². The van der Waals surface area contributed by atoms with Gasteiger partial charge in [-0.3, -0.25) is 0 Å². The van der Waals surface area contributed by atoms with Crippen molar-refractivity contribution in [3.63, 3.8) is 0 Å². The average Bonchev–Trinajstić information content (AvgIpc) is 3.89. The van der Waals surface area contributed by atoms with Crippen molar-refractivity contribution in [3.8, 4) is 40.3 Å². The van der Waals surface area contributed by atoms with Gasteiger partial charge in [0.15, 0.2) is 0 Å². The Labute approximate surface area is 316 Å². The fraction of sp³-hybridized carbons (Fsp3) is 0. The first-order valence-electron chi connectivity index (χ1n) is 18.3. The molecule has 5 heteroatoms. The highest BCUT2D eigenvalue weighted by molar-refractivity contribution is 6.15. The normalized spacial score (nSPS) is 11.6. The molecule has 0 aliphatic heterocycles. The first-order chi connectivity index (χ1) is 27.2. The molecule has 0 fully saturated rings. The van der Waals surface area contributed by atoms with Crippen molar-refractivity contribution < 1.29 is 0 Å². The molecule has 0 unspecified atom stereocenters. The van der Waals surface area contributed by atoms with E-state index in [-0.39, 0.29) is 0 Å². The molecule has 0 N–H and O–H groups in total. The smallest absolute Gasteiger partial charge is 0.0992 e. The van der Waals surface area contributed by atoms with Crippen LogP contribution in [0.25, 0.3) is 93.6 Å². The summed E-state index contributed by atoms with van der Waals surface area (Å²) in [5, 5.41) is 27.2. The van der Waals surface area contributed by atoms with Crippen LogP contribution in [0.15, 0.2) is 176 Å². The molecular weight excluding hydrogens is 671 g/mol. The monoisotopic (exact) mass is 699 g/mol. The van der Waals surface area contributed by atoms with Gasteiger partial charge in [-0.25, -0.2) is 0 Å². The zero-order valence-electron chi connectivity index (χ0n) is 29.5. The van der Waals surface area contributed by atoms with Crippen LogP contribution in [0.2, 0.25) is 0 Å². The summed E-state index contributed by atoms with van der Waals surface area (Å²) in [6.45, 7) is 0. The molecule has 11 rings (SSSR count). The molecular formula is C50H29N5. The van der Waals surface area contributed by atoms with Crippen LogP contribution in [0, 0.1) is 22.7 Å². The van der Waals surface area contributed by atoms with Crippen LogP contribution in [0.3, 0.4) is 0 Å². The average molecular weight is 700 g/mol. The van der Waals surface area contributed by atoms with Crippen molar-refractivity contribution in [2.45, 2.75) is 0 Å². The van der Waals surface area contributed by atoms with Gasteiger partial charge in [0.1, 0.15) is 0 Å². The summed E-state index contributed by atoms with van der Waals surface area (Å²) < 4.78 is 6.92. The standard InChI is InChI=1S/C50H29N5/c51-30-32-20-25-42-43-14-9-19-48(55-46-17-7-3-12-40(46)41-13-4-8-18-47(41)55)50(43)54(49(42)28-32)36-23-21-34(22-24-36)35-26-33(31-52)27-37(29-35)53-44-15-5-1-10-38(44)39-11-2-6-16-45(39)53/h1-29H. The van der Waals surface area contributed by atoms with Gasteiger partial charge in [0, 0.05) is 43.7 Å². The minimum Gasteiger partial charge on any atom is -0.309 e. The topological polar surface area (TPSA) is 62.4 Å². The third kappa shape index (κ3) is 4.51. The third-order valence-corrected chi connectivity index (χ3v) is 11.1. The second-order valence-corrected chi connectivity index (χ2v) is 14.0. The fourth-order valence-corrected chi connectivity index (χ4v) is 8.72. The number of nitriles is 2. The maximum absolute atomic E-state index is 10.2. The van der Waals surface area contributed by atoms with E-state index in [0.29, 0.717) is 11.1 Å². The molecule has 3 heterocycles. The predicted molar refractivity (Wildman–Crippen MR) is 224 cm³/mol. The van der Waals surface area contributed by atoms with E-state index in [4.69, 9.17) is 0 Å². The van der Waals surface area contributed by atoms with E-state index in [9.17, 15) is 10.5 Å². The summed E-state index contributed by atoms with van der Waals surface area (Å²) in [6.07, 6.45) is 0. The van der Waals surface area contributed by atoms with Crippen LogP contribution in [0.1, 0.15) is 11.1 Å². The van der Waals surface area contributed by atoms with E-state index in [1.165, 1.54) is 21.5 Å². The van der Waals surface area contributed by atoms with E-state index < -0.39 is 0 Å². The Morgan fingerprint density at radius 2 is 0.855 bits per heavy atom. The number of hydrogen-bond acceptors (Lipinski definition) is 2. The van der Waals surface area contributed by atoms with E-state index in [0.717, 1.165) is 72.1 Å². The van der Waals surface area contributed by atoms with Crippen LogP contribution in [0.4, 0.5) is 0 Å². The van der Waals surface area contributed by atoms with E-state index in [2.05, 4.69) is 177 Å². The summed E-state index contributed by atoms with van der Waals surface area (Å²) in [7, 11) is 0. The maximum Gasteiger partial charge on any atom is 0.0992 e. The van der Waals surface area contributed by atoms with Crippen LogP contribution < -0.4 is 0 Å². The minimum atomic E-state index is 0.598. The molecule has 3 aromatic heterocycles. The lowest BCUT2D eigenvalue weighted by Crippen LogP contribution is -2.01. The quantitative estimate of drug-likeness (QED) is 0.184. The lowest BCUT2D eigenvalue weighted by atomic mass is 10.0. The fourth-order valence-electron chi connectivity index (χ4n) is 8.72. The Morgan fingerprint density at radius 1 is 0.327 bits per heavy atom. The zero-order chi connectivity index (χ0) is 36.6. The molecule has 0 spiro atoms. The molecule has 254 valence electrons. The summed E-state index contributed by atoms with van der Waals surface area (Å²) in [4.78, 5) is 0. The lowest BCUT2D eigenvalue weighted by Gasteiger charge is -2.15. The Kier molecular flexibility index (Phi) is 6.61. The number of para-hydroxylation sites is 5. The maximum atomic E-state index is 10.2. The summed E-state index contributed by atoms with van der Waals surface area (Å²) in [6, 6.07) is 65.9. The molecule has 0 aliphatic rings. The minimum absolute atomic E-state index is 0.598. The molecule has 5 nitrogen and oxygen atoms in total. The highest BCUT2D eigenvalue weighted by atomic mass is 15.1. The molecule has 0 amide bonds. The van der Waals surface area contributed by atoms with Crippen molar-refractivity contribution >= 4 is 65.4 Å². The number of rotatable bonds is 4. The Bertz CT molecular complexity index is 3350. The molecule has 0 saturated carbocycles. The van der Waals surface area contributed by atoms with Crippen molar-refractivity contribution in [2.75, 3.05) is 0 Å². The lowest BCUT2D eigenvalue weighted by molar-refractivity contribution is 1.13. The van der Waals surface area contributed by atoms with Crippen molar-refractivity contribution in [1.82, 2.24) is 13.7 Å². The van der Waals surface area contributed by atoms with Gasteiger partial charge in [0.05, 0.1) is 62.1 Å². The van der Waals surface area contributed by atoms with Gasteiger partial charge in [-0.15, -0.1) is 0 Å². The number of nitrogens with zero attached hydrogens (tertiary/aromatic N) is 5. The van der Waals surface area contributed by atoms with E-state index in [1.807, 2.05) is 24.3 Å². The van der Waals surface area contributed by atoms with Crippen molar-refractivity contribution in [3.05, 3.63) is 187 Å². The SMILES string of the molecule is N#Cc1cc(-c2ccc(-n3c4cc(C#N)ccc4c4cccc(-n5c6ccccc6c6ccccc65)c43)cc2)cc(-n2c3ccccc3c3ccccc32)c1. The molecule has 11 aromatic rings. The van der Waals surface area contributed by atoms with Gasteiger partial charge in [0.25, 0.3) is 0 Å². The molecule has 0 aliphatic carbocycles. The zero-order valence-corrected chi connectivity index (χ0v) is 29.5. The molecule has 0 saturated heterocycles. The van der Waals surface area contributed by atoms with Gasteiger partial charge < -0.3 is 13.7 Å². The molecule has 0 atom stereocenters. The van der Waals surface area contributed by atoms with Crippen molar-refractivity contribution in [2.24, 2.45) is 0 Å². The van der Waals surface area contributed by atoms with E-state index >= 15 is 0 Å². The van der Waals surface area contributed by atoms with Gasteiger partial charge in [-0.05, 0) is 83.9 Å². The number of aromatic nitrogens is 3. The van der Waals surface area contributed by atoms with Gasteiger partial charge in [-0.1, -0.05) is 103 Å². The molecule has 8 aromatic carbocycles. The van der Waals surface area contributed by atoms with Crippen LogP contribution >= 0.6 is 0 Å². The van der Waals surface area contributed by atoms with Gasteiger partial charge in [-0.2, -0.15) is 10.5 Å². The Hall–Kier alpha value is -7.86.